The molecule has 0 aliphatic heterocycles. The summed E-state index contributed by atoms with van der Waals surface area (Å²) in [5.41, 5.74) is 1.32. The average Bonchev–Trinajstić information content (AvgIpc) is 2.80. The lowest BCUT2D eigenvalue weighted by Gasteiger charge is -2.12. The molecule has 0 N–H and O–H groups in total. The number of rotatable bonds is 8. The minimum absolute atomic E-state index is 0.0444. The van der Waals surface area contributed by atoms with Crippen LogP contribution >= 0.6 is 11.6 Å². The maximum absolute atomic E-state index is 15.1. The first-order chi connectivity index (χ1) is 16.4. The molecule has 0 unspecified atom stereocenters. The molecule has 0 amide bonds. The van der Waals surface area contributed by atoms with Crippen LogP contribution in [0.4, 0.5) is 17.6 Å². The van der Waals surface area contributed by atoms with Gasteiger partial charge in [-0.15, -0.1) is 0 Å². The molecular formula is C28H23ClF4O. The van der Waals surface area contributed by atoms with E-state index in [2.05, 4.69) is 0 Å². The van der Waals surface area contributed by atoms with Gasteiger partial charge in [0.05, 0.1) is 17.2 Å². The summed E-state index contributed by atoms with van der Waals surface area (Å²) in [6, 6.07) is 14.8. The van der Waals surface area contributed by atoms with E-state index >= 15 is 4.39 Å². The smallest absolute Gasteiger partial charge is 0.142 e. The lowest BCUT2D eigenvalue weighted by atomic mass is 9.96. The first-order valence-electron chi connectivity index (χ1n) is 11.1. The molecule has 4 aromatic rings. The second kappa shape index (κ2) is 10.5. The summed E-state index contributed by atoms with van der Waals surface area (Å²) < 4.78 is 63.7. The van der Waals surface area contributed by atoms with Gasteiger partial charge in [0.15, 0.2) is 0 Å². The Kier molecular flexibility index (Phi) is 7.42. The summed E-state index contributed by atoms with van der Waals surface area (Å²) in [7, 11) is 0. The number of ether oxygens (including phenoxy) is 1. The van der Waals surface area contributed by atoms with E-state index in [0.29, 0.717) is 46.9 Å². The minimum atomic E-state index is -0.738. The third kappa shape index (κ3) is 5.20. The van der Waals surface area contributed by atoms with E-state index in [-0.39, 0.29) is 16.3 Å². The molecule has 6 heteroatoms. The van der Waals surface area contributed by atoms with Crippen molar-refractivity contribution in [1.82, 2.24) is 0 Å². The molecule has 0 saturated heterocycles. The van der Waals surface area contributed by atoms with E-state index in [9.17, 15) is 13.2 Å². The molecule has 0 fully saturated rings. The molecule has 0 aliphatic rings. The van der Waals surface area contributed by atoms with Crippen LogP contribution in [-0.4, -0.2) is 6.61 Å². The normalized spacial score (nSPS) is 11.2. The Hall–Kier alpha value is -3.05. The van der Waals surface area contributed by atoms with Crippen molar-refractivity contribution in [3.05, 3.63) is 100 Å². The minimum Gasteiger partial charge on any atom is -0.493 e. The lowest BCUT2D eigenvalue weighted by Crippen LogP contribution is -1.99. The van der Waals surface area contributed by atoms with Gasteiger partial charge in [0, 0.05) is 17.5 Å². The highest BCUT2D eigenvalue weighted by Gasteiger charge is 2.16. The van der Waals surface area contributed by atoms with Crippen LogP contribution in [0.2, 0.25) is 5.02 Å². The van der Waals surface area contributed by atoms with E-state index < -0.39 is 23.3 Å². The number of aryl methyl sites for hydroxylation is 2. The molecule has 0 atom stereocenters. The van der Waals surface area contributed by atoms with Crippen LogP contribution in [0.15, 0.2) is 60.7 Å². The molecule has 0 spiro atoms. The molecule has 0 aliphatic carbocycles. The van der Waals surface area contributed by atoms with Crippen LogP contribution in [0, 0.1) is 23.3 Å². The second-order valence-corrected chi connectivity index (χ2v) is 8.59. The third-order valence-electron chi connectivity index (χ3n) is 5.77. The molecule has 0 heterocycles. The highest BCUT2D eigenvalue weighted by molar-refractivity contribution is 6.30. The van der Waals surface area contributed by atoms with E-state index in [0.717, 1.165) is 12.8 Å². The highest BCUT2D eigenvalue weighted by Crippen LogP contribution is 2.33. The zero-order valence-electron chi connectivity index (χ0n) is 18.6. The first-order valence-corrected chi connectivity index (χ1v) is 11.5. The molecule has 1 nitrogen and oxygen atoms in total. The lowest BCUT2D eigenvalue weighted by molar-refractivity contribution is 0.306. The summed E-state index contributed by atoms with van der Waals surface area (Å²) in [5.74, 6) is -2.25. The molecule has 0 radical (unpaired) electrons. The largest absolute Gasteiger partial charge is 0.493 e. The Labute approximate surface area is 200 Å². The Morgan fingerprint density at radius 2 is 1.56 bits per heavy atom. The van der Waals surface area contributed by atoms with Crippen LogP contribution < -0.4 is 4.74 Å². The Balaban J connectivity index is 1.58. The van der Waals surface area contributed by atoms with Gasteiger partial charge in [0.1, 0.15) is 29.0 Å². The maximum atomic E-state index is 15.1. The second-order valence-electron chi connectivity index (χ2n) is 8.19. The van der Waals surface area contributed by atoms with E-state index in [1.165, 1.54) is 36.4 Å². The number of benzene rings is 4. The predicted octanol–water partition coefficient (Wildman–Crippen LogP) is 8.68. The van der Waals surface area contributed by atoms with Gasteiger partial charge in [-0.1, -0.05) is 55.3 Å². The van der Waals surface area contributed by atoms with Crippen LogP contribution in [-0.2, 0) is 12.8 Å². The number of hydrogen-bond acceptors (Lipinski definition) is 1. The number of halogens is 5. The summed E-state index contributed by atoms with van der Waals surface area (Å²) >= 11 is 5.71. The summed E-state index contributed by atoms with van der Waals surface area (Å²) in [6.45, 7) is 2.39. The zero-order chi connectivity index (χ0) is 24.2. The van der Waals surface area contributed by atoms with Gasteiger partial charge in [-0.2, -0.15) is 0 Å². The summed E-state index contributed by atoms with van der Waals surface area (Å²) in [4.78, 5) is 0. The molecule has 4 rings (SSSR count). The van der Waals surface area contributed by atoms with Crippen molar-refractivity contribution < 1.29 is 22.3 Å². The van der Waals surface area contributed by atoms with E-state index in [1.807, 2.05) is 6.92 Å². The van der Waals surface area contributed by atoms with Crippen molar-refractivity contribution in [2.75, 3.05) is 6.61 Å². The van der Waals surface area contributed by atoms with Crippen molar-refractivity contribution in [3.63, 3.8) is 0 Å². The topological polar surface area (TPSA) is 9.23 Å². The average molecular weight is 487 g/mol. The molecule has 34 heavy (non-hydrogen) atoms. The van der Waals surface area contributed by atoms with Crippen LogP contribution in [0.5, 0.6) is 5.75 Å². The Morgan fingerprint density at radius 1 is 0.794 bits per heavy atom. The van der Waals surface area contributed by atoms with Gasteiger partial charge < -0.3 is 4.74 Å². The number of fused-ring (bicyclic) bond motifs is 1. The standard InChI is InChI=1S/C28H23ClF4O/c1-2-3-12-34-21-15-25(31)27(26(32)16-21)20-9-10-22-19(14-20)8-7-18(28(22)33)6-4-17-5-11-23(29)24(30)13-17/h5,7-11,13-16H,2-4,6,12H2,1H3. The van der Waals surface area contributed by atoms with Gasteiger partial charge in [0.25, 0.3) is 0 Å². The van der Waals surface area contributed by atoms with Gasteiger partial charge in [-0.25, -0.2) is 17.6 Å². The van der Waals surface area contributed by atoms with Crippen LogP contribution in [0.25, 0.3) is 21.9 Å². The van der Waals surface area contributed by atoms with Crippen molar-refractivity contribution in [3.8, 4) is 16.9 Å². The molecular weight excluding hydrogens is 464 g/mol. The van der Waals surface area contributed by atoms with Gasteiger partial charge in [-0.05, 0) is 59.5 Å². The molecule has 0 aromatic heterocycles. The van der Waals surface area contributed by atoms with Gasteiger partial charge in [0.2, 0.25) is 0 Å². The Bertz CT molecular complexity index is 1310. The fraction of sp³-hybridized carbons (Fsp3) is 0.214. The zero-order valence-corrected chi connectivity index (χ0v) is 19.4. The van der Waals surface area contributed by atoms with E-state index in [1.54, 1.807) is 24.3 Å². The highest BCUT2D eigenvalue weighted by atomic mass is 35.5. The van der Waals surface area contributed by atoms with E-state index in [4.69, 9.17) is 16.3 Å². The van der Waals surface area contributed by atoms with Crippen molar-refractivity contribution in [2.45, 2.75) is 32.6 Å². The Morgan fingerprint density at radius 3 is 2.26 bits per heavy atom. The maximum Gasteiger partial charge on any atom is 0.142 e. The fourth-order valence-electron chi connectivity index (χ4n) is 3.90. The van der Waals surface area contributed by atoms with Crippen molar-refractivity contribution >= 4 is 22.4 Å². The van der Waals surface area contributed by atoms with Crippen molar-refractivity contribution in [1.29, 1.82) is 0 Å². The predicted molar refractivity (Wildman–Crippen MR) is 128 cm³/mol. The third-order valence-corrected chi connectivity index (χ3v) is 6.08. The number of hydrogen-bond donors (Lipinski definition) is 0. The number of unbranched alkanes of at least 4 members (excludes halogenated alkanes) is 1. The van der Waals surface area contributed by atoms with Gasteiger partial charge in [-0.3, -0.25) is 0 Å². The molecule has 0 saturated carbocycles. The fourth-order valence-corrected chi connectivity index (χ4v) is 4.02. The summed E-state index contributed by atoms with van der Waals surface area (Å²) in [5, 5.41) is 0.921. The van der Waals surface area contributed by atoms with Crippen LogP contribution in [0.3, 0.4) is 0 Å². The SMILES string of the molecule is CCCCOc1cc(F)c(-c2ccc3c(F)c(CCc4ccc(Cl)c(F)c4)ccc3c2)c(F)c1. The first kappa shape index (κ1) is 24.1. The summed E-state index contributed by atoms with van der Waals surface area (Å²) in [6.07, 6.45) is 2.52. The monoisotopic (exact) mass is 486 g/mol. The van der Waals surface area contributed by atoms with Gasteiger partial charge >= 0.3 is 0 Å². The van der Waals surface area contributed by atoms with Crippen molar-refractivity contribution in [2.24, 2.45) is 0 Å². The van der Waals surface area contributed by atoms with Crippen LogP contribution in [0.1, 0.15) is 30.9 Å². The quantitative estimate of drug-likeness (QED) is 0.179. The molecule has 0 bridgehead atoms. The molecule has 176 valence electrons. The molecule has 4 aromatic carbocycles.